The topological polar surface area (TPSA) is 104 Å². The molecule has 1 aromatic carbocycles. The fourth-order valence-electron chi connectivity index (χ4n) is 1.97. The summed E-state index contributed by atoms with van der Waals surface area (Å²) in [6, 6.07) is 2.98. The molecule has 0 heterocycles. The maximum absolute atomic E-state index is 14.0. The lowest BCUT2D eigenvalue weighted by atomic mass is 10.3. The number of likely N-dealkylation sites (N-methyl/N-ethyl adjacent to an activating group) is 1. The summed E-state index contributed by atoms with van der Waals surface area (Å²) in [4.78, 5) is -0.262. The number of sulfonamides is 2. The van der Waals surface area contributed by atoms with Gasteiger partial charge in [-0.1, -0.05) is 13.8 Å². The van der Waals surface area contributed by atoms with Gasteiger partial charge in [-0.3, -0.25) is 4.72 Å². The molecule has 24 heavy (non-hydrogen) atoms. The number of halogens is 1. The van der Waals surface area contributed by atoms with E-state index in [2.05, 4.69) is 14.8 Å². The van der Waals surface area contributed by atoms with Crippen molar-refractivity contribution in [3.8, 4) is 0 Å². The highest BCUT2D eigenvalue weighted by molar-refractivity contribution is 7.92. The molecular formula is C14H24FN3O4S2. The molecule has 138 valence electrons. The molecule has 0 fully saturated rings. The van der Waals surface area contributed by atoms with Crippen molar-refractivity contribution in [2.75, 3.05) is 23.6 Å². The van der Waals surface area contributed by atoms with Crippen LogP contribution < -0.4 is 14.8 Å². The van der Waals surface area contributed by atoms with Gasteiger partial charge in [0.15, 0.2) is 0 Å². The van der Waals surface area contributed by atoms with Crippen molar-refractivity contribution >= 4 is 25.7 Å². The van der Waals surface area contributed by atoms with Crippen LogP contribution in [0.3, 0.4) is 0 Å². The molecule has 1 atom stereocenters. The lowest BCUT2D eigenvalue weighted by Gasteiger charge is -2.14. The molecule has 0 saturated carbocycles. The molecule has 0 radical (unpaired) electrons. The first-order valence-electron chi connectivity index (χ1n) is 7.64. The van der Waals surface area contributed by atoms with E-state index >= 15 is 0 Å². The molecule has 1 rings (SSSR count). The van der Waals surface area contributed by atoms with Crippen LogP contribution in [0.2, 0.25) is 0 Å². The van der Waals surface area contributed by atoms with Gasteiger partial charge in [-0.15, -0.1) is 0 Å². The predicted octanol–water partition coefficient (Wildman–Crippen LogP) is 1.25. The second-order valence-electron chi connectivity index (χ2n) is 5.37. The average Bonchev–Trinajstić information content (AvgIpc) is 2.47. The Balaban J connectivity index is 2.90. The number of anilines is 1. The van der Waals surface area contributed by atoms with Crippen molar-refractivity contribution < 1.29 is 21.2 Å². The van der Waals surface area contributed by atoms with Crippen molar-refractivity contribution in [1.29, 1.82) is 0 Å². The zero-order valence-corrected chi connectivity index (χ0v) is 15.6. The summed E-state index contributed by atoms with van der Waals surface area (Å²) < 4.78 is 66.1. The zero-order valence-electron chi connectivity index (χ0n) is 14.0. The van der Waals surface area contributed by atoms with E-state index in [4.69, 9.17) is 0 Å². The van der Waals surface area contributed by atoms with Crippen molar-refractivity contribution in [2.45, 2.75) is 38.1 Å². The first-order valence-corrected chi connectivity index (χ1v) is 10.8. The predicted molar refractivity (Wildman–Crippen MR) is 92.4 cm³/mol. The van der Waals surface area contributed by atoms with Crippen LogP contribution in [0.5, 0.6) is 0 Å². The van der Waals surface area contributed by atoms with Crippen molar-refractivity contribution in [2.24, 2.45) is 0 Å². The molecule has 0 spiro atoms. The van der Waals surface area contributed by atoms with Gasteiger partial charge in [-0.05, 0) is 38.1 Å². The Morgan fingerprint density at radius 1 is 1.17 bits per heavy atom. The Morgan fingerprint density at radius 2 is 1.83 bits per heavy atom. The van der Waals surface area contributed by atoms with E-state index < -0.39 is 25.9 Å². The van der Waals surface area contributed by atoms with Gasteiger partial charge in [0.25, 0.3) is 0 Å². The zero-order chi connectivity index (χ0) is 18.4. The third-order valence-corrected chi connectivity index (χ3v) is 6.02. The number of hydrogen-bond acceptors (Lipinski definition) is 5. The second kappa shape index (κ2) is 8.75. The van der Waals surface area contributed by atoms with E-state index in [0.717, 1.165) is 18.2 Å². The lowest BCUT2D eigenvalue weighted by molar-refractivity contribution is 0.535. The molecule has 0 bridgehead atoms. The Bertz CT molecular complexity index is 751. The van der Waals surface area contributed by atoms with Crippen molar-refractivity contribution in [3.05, 3.63) is 24.0 Å². The first kappa shape index (κ1) is 20.8. The van der Waals surface area contributed by atoms with Crippen LogP contribution in [-0.4, -0.2) is 41.7 Å². The standard InChI is InChI=1S/C14H24FN3O4S2/c1-4-8-23(19,20)18-14-7-6-12(9-13(14)15)24(21,22)17-10-11(3)16-5-2/h6-7,9,11,16-18H,4-5,8,10H2,1-3H3/t11-/m1/s1. The van der Waals surface area contributed by atoms with Gasteiger partial charge in [0.05, 0.1) is 16.3 Å². The van der Waals surface area contributed by atoms with Crippen molar-refractivity contribution in [1.82, 2.24) is 10.0 Å². The average molecular weight is 381 g/mol. The molecular weight excluding hydrogens is 357 g/mol. The molecule has 3 N–H and O–H groups in total. The fourth-order valence-corrected chi connectivity index (χ4v) is 4.25. The van der Waals surface area contributed by atoms with E-state index in [-0.39, 0.29) is 28.9 Å². The molecule has 0 saturated heterocycles. The maximum Gasteiger partial charge on any atom is 0.240 e. The van der Waals surface area contributed by atoms with Gasteiger partial charge >= 0.3 is 0 Å². The summed E-state index contributed by atoms with van der Waals surface area (Å²) in [5, 5.41) is 3.05. The molecule has 0 amide bonds. The van der Waals surface area contributed by atoms with Crippen LogP contribution in [0.4, 0.5) is 10.1 Å². The van der Waals surface area contributed by atoms with Crippen LogP contribution in [0.25, 0.3) is 0 Å². The van der Waals surface area contributed by atoms with Crippen molar-refractivity contribution in [3.63, 3.8) is 0 Å². The largest absolute Gasteiger partial charge is 0.313 e. The van der Waals surface area contributed by atoms with Gasteiger partial charge in [0.2, 0.25) is 20.0 Å². The molecule has 10 heteroatoms. The second-order valence-corrected chi connectivity index (χ2v) is 8.98. The fraction of sp³-hybridized carbons (Fsp3) is 0.571. The molecule has 0 aliphatic rings. The summed E-state index contributed by atoms with van der Waals surface area (Å²) >= 11 is 0. The molecule has 0 aliphatic carbocycles. The minimum absolute atomic E-state index is 0.0743. The molecule has 0 unspecified atom stereocenters. The third kappa shape index (κ3) is 6.34. The Kier molecular flexibility index (Phi) is 7.58. The number of benzene rings is 1. The highest BCUT2D eigenvalue weighted by atomic mass is 32.2. The Hall–Kier alpha value is -1.23. The minimum atomic E-state index is -3.87. The summed E-state index contributed by atoms with van der Waals surface area (Å²) in [6.45, 7) is 6.26. The number of rotatable bonds is 10. The molecule has 7 nitrogen and oxygen atoms in total. The molecule has 1 aromatic rings. The third-order valence-electron chi connectivity index (χ3n) is 3.12. The highest BCUT2D eigenvalue weighted by Gasteiger charge is 2.19. The highest BCUT2D eigenvalue weighted by Crippen LogP contribution is 2.20. The lowest BCUT2D eigenvalue weighted by Crippen LogP contribution is -2.38. The minimum Gasteiger partial charge on any atom is -0.313 e. The van der Waals surface area contributed by atoms with Gasteiger partial charge < -0.3 is 5.32 Å². The quantitative estimate of drug-likeness (QED) is 0.566. The van der Waals surface area contributed by atoms with E-state index in [1.54, 1.807) is 6.92 Å². The summed E-state index contributed by atoms with van der Waals surface area (Å²) in [7, 11) is -7.52. The van der Waals surface area contributed by atoms with Crippen LogP contribution in [0.15, 0.2) is 23.1 Å². The van der Waals surface area contributed by atoms with Crippen LogP contribution >= 0.6 is 0 Å². The summed E-state index contributed by atoms with van der Waals surface area (Å²) in [5.74, 6) is -1.09. The molecule has 0 aliphatic heterocycles. The van der Waals surface area contributed by atoms with E-state index in [1.807, 2.05) is 13.8 Å². The summed E-state index contributed by atoms with van der Waals surface area (Å²) in [5.41, 5.74) is -0.275. The maximum atomic E-state index is 14.0. The smallest absolute Gasteiger partial charge is 0.240 e. The van der Waals surface area contributed by atoms with Crippen LogP contribution in [0, 0.1) is 5.82 Å². The number of nitrogens with one attached hydrogen (secondary N) is 3. The van der Waals surface area contributed by atoms with E-state index in [0.29, 0.717) is 13.0 Å². The van der Waals surface area contributed by atoms with Gasteiger partial charge in [-0.25, -0.2) is 25.9 Å². The summed E-state index contributed by atoms with van der Waals surface area (Å²) in [6.07, 6.45) is 0.386. The van der Waals surface area contributed by atoms with Gasteiger partial charge in [0.1, 0.15) is 5.82 Å². The molecule has 0 aromatic heterocycles. The van der Waals surface area contributed by atoms with E-state index in [9.17, 15) is 21.2 Å². The first-order chi connectivity index (χ1) is 11.1. The monoisotopic (exact) mass is 381 g/mol. The van der Waals surface area contributed by atoms with E-state index in [1.165, 1.54) is 0 Å². The normalized spacial score (nSPS) is 13.7. The number of hydrogen-bond donors (Lipinski definition) is 3. The van der Waals surface area contributed by atoms with Crippen LogP contribution in [0.1, 0.15) is 27.2 Å². The Labute approximate surface area is 143 Å². The van der Waals surface area contributed by atoms with Crippen LogP contribution in [-0.2, 0) is 20.0 Å². The SMILES string of the molecule is CCCS(=O)(=O)Nc1ccc(S(=O)(=O)NC[C@@H](C)NCC)cc1F. The van der Waals surface area contributed by atoms with Gasteiger partial charge in [0, 0.05) is 12.6 Å². The Morgan fingerprint density at radius 3 is 2.38 bits per heavy atom. The van der Waals surface area contributed by atoms with Gasteiger partial charge in [-0.2, -0.15) is 0 Å².